The molecule has 188 valence electrons. The van der Waals surface area contributed by atoms with Crippen LogP contribution in [0.4, 0.5) is 5.69 Å². The van der Waals surface area contributed by atoms with Crippen LogP contribution in [0, 0.1) is 0 Å². The van der Waals surface area contributed by atoms with Gasteiger partial charge in [0.1, 0.15) is 18.2 Å². The zero-order valence-corrected chi connectivity index (χ0v) is 20.5. The number of nitrogens with one attached hydrogen (secondary N) is 4. The van der Waals surface area contributed by atoms with Crippen molar-refractivity contribution < 1.29 is 14.4 Å². The van der Waals surface area contributed by atoms with Crippen LogP contribution in [0.2, 0.25) is 0 Å². The molecule has 0 aromatic heterocycles. The second-order valence-electron chi connectivity index (χ2n) is 9.46. The average molecular weight is 481 g/mol. The average Bonchev–Trinajstić information content (AvgIpc) is 3.23. The quantitative estimate of drug-likeness (QED) is 0.383. The Kier molecular flexibility index (Phi) is 7.69. The Bertz CT molecular complexity index is 1090. The van der Waals surface area contributed by atoms with Crippen molar-refractivity contribution in [2.45, 2.75) is 69.4 Å². The van der Waals surface area contributed by atoms with Crippen molar-refractivity contribution in [1.82, 2.24) is 20.9 Å². The van der Waals surface area contributed by atoms with Gasteiger partial charge in [0.15, 0.2) is 0 Å². The molecule has 4 atom stereocenters. The Morgan fingerprint density at radius 3 is 2.74 bits per heavy atom. The third-order valence-corrected chi connectivity index (χ3v) is 7.19. The number of nitrogens with two attached hydrogens (primary N) is 1. The molecule has 3 unspecified atom stereocenters. The third kappa shape index (κ3) is 5.03. The molecule has 0 aliphatic carbocycles. The zero-order valence-electron chi connectivity index (χ0n) is 20.5. The van der Waals surface area contributed by atoms with Crippen LogP contribution in [-0.4, -0.2) is 60.1 Å². The fourth-order valence-electron chi connectivity index (χ4n) is 5.45. The summed E-state index contributed by atoms with van der Waals surface area (Å²) in [6, 6.07) is 12.3. The molecule has 0 bridgehead atoms. The van der Waals surface area contributed by atoms with E-state index in [4.69, 9.17) is 5.73 Å². The molecule has 2 heterocycles. The normalized spacial score (nSPS) is 25.5. The standard InChI is InChI=1S/C26H36N6O3/c1-3-14-26-15-13-21(23(33)30-19-11-6-9-17-8-4-5-10-18(17)19)32(26)25(35)20(12-7-16-29-26)31-24(34)22(27)28-2/h4-6,8-11,20-22,28-29H,3,7,12-16,27H2,1-2H3,(H,30,33)(H,31,34)/t20?,21?,22-,26?/m1/s1. The predicted octanol–water partition coefficient (Wildman–Crippen LogP) is 1.64. The molecule has 2 fully saturated rings. The van der Waals surface area contributed by atoms with Crippen molar-refractivity contribution in [2.75, 3.05) is 18.9 Å². The minimum absolute atomic E-state index is 0.216. The molecule has 2 aliphatic heterocycles. The Labute approximate surface area is 206 Å². The van der Waals surface area contributed by atoms with Crippen LogP contribution in [0.3, 0.4) is 0 Å². The number of rotatable bonds is 7. The van der Waals surface area contributed by atoms with Crippen molar-refractivity contribution in [1.29, 1.82) is 0 Å². The molecule has 9 nitrogen and oxygen atoms in total. The zero-order chi connectivity index (χ0) is 25.0. The van der Waals surface area contributed by atoms with E-state index in [2.05, 4.69) is 28.2 Å². The summed E-state index contributed by atoms with van der Waals surface area (Å²) in [5, 5.41) is 14.2. The fourth-order valence-corrected chi connectivity index (χ4v) is 5.45. The van der Waals surface area contributed by atoms with Crippen molar-refractivity contribution in [3.63, 3.8) is 0 Å². The first kappa shape index (κ1) is 25.1. The van der Waals surface area contributed by atoms with Gasteiger partial charge in [-0.15, -0.1) is 0 Å². The number of fused-ring (bicyclic) bond motifs is 2. The number of likely N-dealkylation sites (N-methyl/N-ethyl adjacent to an activating group) is 1. The molecule has 3 amide bonds. The number of benzene rings is 2. The van der Waals surface area contributed by atoms with Gasteiger partial charge in [-0.2, -0.15) is 0 Å². The molecule has 0 saturated carbocycles. The van der Waals surface area contributed by atoms with E-state index < -0.39 is 29.8 Å². The number of nitrogens with zero attached hydrogens (tertiary/aromatic N) is 1. The third-order valence-electron chi connectivity index (χ3n) is 7.19. The summed E-state index contributed by atoms with van der Waals surface area (Å²) < 4.78 is 0. The number of amides is 3. The maximum absolute atomic E-state index is 13.9. The number of anilines is 1. The molecule has 2 aromatic rings. The highest BCUT2D eigenvalue weighted by Gasteiger charge is 2.52. The lowest BCUT2D eigenvalue weighted by Crippen LogP contribution is -2.66. The van der Waals surface area contributed by atoms with Gasteiger partial charge in [0.2, 0.25) is 11.8 Å². The first-order valence-electron chi connectivity index (χ1n) is 12.5. The molecule has 2 aliphatic rings. The lowest BCUT2D eigenvalue weighted by atomic mass is 9.97. The largest absolute Gasteiger partial charge is 0.342 e. The monoisotopic (exact) mass is 480 g/mol. The van der Waals surface area contributed by atoms with E-state index in [0.29, 0.717) is 25.8 Å². The maximum atomic E-state index is 13.9. The summed E-state index contributed by atoms with van der Waals surface area (Å²) in [5.74, 6) is -0.888. The SMILES string of the molecule is CCCC12CCC(C(=O)Nc3cccc4ccccc34)N1C(=O)C(NC(=O)[C@H](N)NC)CCCN2. The van der Waals surface area contributed by atoms with Gasteiger partial charge in [0, 0.05) is 11.1 Å². The van der Waals surface area contributed by atoms with Crippen molar-refractivity contribution in [2.24, 2.45) is 5.73 Å². The topological polar surface area (TPSA) is 129 Å². The van der Waals surface area contributed by atoms with Gasteiger partial charge in [-0.1, -0.05) is 49.7 Å². The van der Waals surface area contributed by atoms with Gasteiger partial charge in [-0.05, 0) is 57.1 Å². The van der Waals surface area contributed by atoms with Crippen LogP contribution in [-0.2, 0) is 14.4 Å². The van der Waals surface area contributed by atoms with Crippen LogP contribution >= 0.6 is 0 Å². The summed E-state index contributed by atoms with van der Waals surface area (Å²) in [6.07, 6.45) is 3.12. The van der Waals surface area contributed by atoms with Crippen molar-refractivity contribution in [3.8, 4) is 0 Å². The minimum Gasteiger partial charge on any atom is -0.342 e. The molecule has 2 aromatic carbocycles. The highest BCUT2D eigenvalue weighted by atomic mass is 16.2. The number of carbonyl (C=O) groups is 3. The Morgan fingerprint density at radius 2 is 1.97 bits per heavy atom. The molecule has 6 N–H and O–H groups in total. The molecule has 0 spiro atoms. The first-order valence-corrected chi connectivity index (χ1v) is 12.5. The van der Waals surface area contributed by atoms with Gasteiger partial charge >= 0.3 is 0 Å². The fraction of sp³-hybridized carbons (Fsp3) is 0.500. The van der Waals surface area contributed by atoms with Crippen LogP contribution in [0.5, 0.6) is 0 Å². The van der Waals surface area contributed by atoms with Crippen molar-refractivity contribution >= 4 is 34.2 Å². The Hall–Kier alpha value is -3.01. The van der Waals surface area contributed by atoms with Crippen LogP contribution in [0.15, 0.2) is 42.5 Å². The van der Waals surface area contributed by atoms with E-state index in [1.807, 2.05) is 42.5 Å². The summed E-state index contributed by atoms with van der Waals surface area (Å²) in [5.41, 5.74) is 5.92. The second-order valence-corrected chi connectivity index (χ2v) is 9.46. The van der Waals surface area contributed by atoms with E-state index in [9.17, 15) is 14.4 Å². The van der Waals surface area contributed by atoms with Gasteiger partial charge < -0.3 is 21.3 Å². The first-order chi connectivity index (χ1) is 16.9. The lowest BCUT2D eigenvalue weighted by Gasteiger charge is -2.44. The second kappa shape index (κ2) is 10.7. The van der Waals surface area contributed by atoms with Crippen LogP contribution < -0.4 is 27.0 Å². The minimum atomic E-state index is -0.907. The van der Waals surface area contributed by atoms with E-state index >= 15 is 0 Å². The maximum Gasteiger partial charge on any atom is 0.252 e. The van der Waals surface area contributed by atoms with E-state index in [-0.39, 0.29) is 11.8 Å². The number of hydrogen-bond donors (Lipinski definition) is 5. The number of carbonyl (C=O) groups excluding carboxylic acids is 3. The predicted molar refractivity (Wildman–Crippen MR) is 136 cm³/mol. The van der Waals surface area contributed by atoms with Crippen molar-refractivity contribution in [3.05, 3.63) is 42.5 Å². The molecular formula is C26H36N6O3. The van der Waals surface area contributed by atoms with Gasteiger partial charge in [-0.3, -0.25) is 25.0 Å². The molecule has 4 rings (SSSR count). The van der Waals surface area contributed by atoms with Crippen LogP contribution in [0.1, 0.15) is 45.4 Å². The molecule has 35 heavy (non-hydrogen) atoms. The van der Waals surface area contributed by atoms with E-state index in [1.54, 1.807) is 11.9 Å². The highest BCUT2D eigenvalue weighted by molar-refractivity contribution is 6.05. The Morgan fingerprint density at radius 1 is 1.20 bits per heavy atom. The highest BCUT2D eigenvalue weighted by Crippen LogP contribution is 2.38. The molecule has 9 heteroatoms. The molecular weight excluding hydrogens is 444 g/mol. The van der Waals surface area contributed by atoms with Gasteiger partial charge in [0.05, 0.1) is 5.66 Å². The van der Waals surface area contributed by atoms with Crippen LogP contribution in [0.25, 0.3) is 10.8 Å². The van der Waals surface area contributed by atoms with Gasteiger partial charge in [0.25, 0.3) is 5.91 Å². The van der Waals surface area contributed by atoms with E-state index in [1.165, 1.54) is 0 Å². The summed E-state index contributed by atoms with van der Waals surface area (Å²) in [7, 11) is 1.59. The molecule has 2 saturated heterocycles. The summed E-state index contributed by atoms with van der Waals surface area (Å²) >= 11 is 0. The summed E-state index contributed by atoms with van der Waals surface area (Å²) in [6.45, 7) is 2.78. The summed E-state index contributed by atoms with van der Waals surface area (Å²) in [4.78, 5) is 41.8. The van der Waals surface area contributed by atoms with E-state index in [0.717, 1.165) is 35.7 Å². The Balaban J connectivity index is 1.63. The lowest BCUT2D eigenvalue weighted by molar-refractivity contribution is -0.148. The molecule has 0 radical (unpaired) electrons. The smallest absolute Gasteiger partial charge is 0.252 e. The number of hydrogen-bond acceptors (Lipinski definition) is 6. The van der Waals surface area contributed by atoms with Gasteiger partial charge in [-0.25, -0.2) is 0 Å².